The Balaban J connectivity index is 0.00000208. The van der Waals surface area contributed by atoms with Crippen LogP contribution in [0.2, 0.25) is 0 Å². The van der Waals surface area contributed by atoms with E-state index in [1.165, 1.54) is 12.5 Å². The second kappa shape index (κ2) is 8.85. The van der Waals surface area contributed by atoms with E-state index in [4.69, 9.17) is 4.42 Å². The van der Waals surface area contributed by atoms with Gasteiger partial charge < -0.3 is 15.1 Å². The van der Waals surface area contributed by atoms with Crippen molar-refractivity contribution < 1.29 is 13.6 Å². The summed E-state index contributed by atoms with van der Waals surface area (Å²) in [7, 11) is 0. The maximum atomic E-state index is 13.7. The number of nitrogens with one attached hydrogen (secondary N) is 2. The lowest BCUT2D eigenvalue weighted by molar-refractivity contribution is -0.121. The Morgan fingerprint density at radius 1 is 1.29 bits per heavy atom. The van der Waals surface area contributed by atoms with Crippen molar-refractivity contribution in [2.45, 2.75) is 31.7 Å². The summed E-state index contributed by atoms with van der Waals surface area (Å²) in [5.41, 5.74) is 0.440. The third-order valence-corrected chi connectivity index (χ3v) is 4.11. The number of rotatable bonds is 6. The molecule has 1 aromatic heterocycles. The molecule has 1 aliphatic rings. The number of hydrogen-bond acceptors (Lipinski definition) is 3. The Kier molecular flexibility index (Phi) is 6.82. The van der Waals surface area contributed by atoms with Crippen molar-refractivity contribution in [2.24, 2.45) is 0 Å². The van der Waals surface area contributed by atoms with Crippen molar-refractivity contribution in [3.8, 4) is 11.3 Å². The number of benzene rings is 1. The molecule has 0 saturated carbocycles. The van der Waals surface area contributed by atoms with Gasteiger partial charge in [0.15, 0.2) is 0 Å². The molecule has 1 amide bonds. The molecule has 0 spiro atoms. The molecule has 1 aromatic carbocycles. The monoisotopic (exact) mass is 352 g/mol. The maximum absolute atomic E-state index is 13.7. The van der Waals surface area contributed by atoms with E-state index < -0.39 is 0 Å². The van der Waals surface area contributed by atoms with Crippen LogP contribution in [0.5, 0.6) is 0 Å². The summed E-state index contributed by atoms with van der Waals surface area (Å²) in [5.74, 6) is 0.892. The van der Waals surface area contributed by atoms with E-state index in [0.29, 0.717) is 42.5 Å². The highest BCUT2D eigenvalue weighted by Crippen LogP contribution is 2.25. The highest BCUT2D eigenvalue weighted by atomic mass is 35.5. The first-order valence-electron chi connectivity index (χ1n) is 8.06. The van der Waals surface area contributed by atoms with E-state index in [9.17, 15) is 9.18 Å². The third kappa shape index (κ3) is 4.82. The van der Waals surface area contributed by atoms with Gasteiger partial charge in [-0.15, -0.1) is 12.4 Å². The fraction of sp³-hybridized carbons (Fsp3) is 0.389. The van der Waals surface area contributed by atoms with Crippen molar-refractivity contribution in [2.75, 3.05) is 13.1 Å². The van der Waals surface area contributed by atoms with Crippen molar-refractivity contribution in [3.63, 3.8) is 0 Å². The molecule has 6 heteroatoms. The molecule has 24 heavy (non-hydrogen) atoms. The number of carbonyl (C=O) groups excluding carboxylic acids is 1. The Labute approximate surface area is 147 Å². The van der Waals surface area contributed by atoms with Crippen LogP contribution in [-0.4, -0.2) is 25.0 Å². The first kappa shape index (κ1) is 18.5. The number of furan rings is 1. The number of carbonyl (C=O) groups is 1. The Morgan fingerprint density at radius 2 is 2.12 bits per heavy atom. The lowest BCUT2D eigenvalue weighted by Crippen LogP contribution is -2.37. The first-order chi connectivity index (χ1) is 11.2. The molecule has 0 bridgehead atoms. The Hall–Kier alpha value is -1.85. The highest BCUT2D eigenvalue weighted by molar-refractivity contribution is 5.85. The number of amides is 1. The van der Waals surface area contributed by atoms with Gasteiger partial charge in [-0.25, -0.2) is 4.39 Å². The van der Waals surface area contributed by atoms with Crippen LogP contribution in [0, 0.1) is 5.82 Å². The van der Waals surface area contributed by atoms with Gasteiger partial charge in [-0.3, -0.25) is 4.79 Å². The largest absolute Gasteiger partial charge is 0.461 e. The minimum atomic E-state index is -0.310. The molecule has 4 nitrogen and oxygen atoms in total. The van der Waals surface area contributed by atoms with Gasteiger partial charge in [0.2, 0.25) is 5.91 Å². The zero-order valence-corrected chi connectivity index (χ0v) is 14.2. The van der Waals surface area contributed by atoms with E-state index in [2.05, 4.69) is 10.6 Å². The first-order valence-corrected chi connectivity index (χ1v) is 8.06. The van der Waals surface area contributed by atoms with E-state index in [1.807, 2.05) is 0 Å². The van der Waals surface area contributed by atoms with Crippen molar-refractivity contribution >= 4 is 18.3 Å². The van der Waals surface area contributed by atoms with E-state index in [0.717, 1.165) is 13.0 Å². The predicted molar refractivity (Wildman–Crippen MR) is 93.7 cm³/mol. The molecule has 0 aliphatic carbocycles. The molecule has 1 unspecified atom stereocenters. The number of hydrogen-bond donors (Lipinski definition) is 2. The van der Waals surface area contributed by atoms with Crippen LogP contribution in [0.25, 0.3) is 11.3 Å². The molecule has 1 fully saturated rings. The molecular weight excluding hydrogens is 331 g/mol. The van der Waals surface area contributed by atoms with Crippen LogP contribution in [0.3, 0.4) is 0 Å². The zero-order chi connectivity index (χ0) is 16.1. The van der Waals surface area contributed by atoms with E-state index in [-0.39, 0.29) is 24.1 Å². The summed E-state index contributed by atoms with van der Waals surface area (Å²) >= 11 is 0. The Bertz CT molecular complexity index is 669. The lowest BCUT2D eigenvalue weighted by atomic mass is 10.1. The zero-order valence-electron chi connectivity index (χ0n) is 13.4. The summed E-state index contributed by atoms with van der Waals surface area (Å²) in [6.07, 6.45) is 3.17. The molecule has 0 radical (unpaired) electrons. The topological polar surface area (TPSA) is 54.3 Å². The standard InChI is InChI=1S/C18H21FN2O2.ClH/c19-16-6-2-1-5-15(16)17-9-7-14(23-17)8-10-18(22)21-12-13-4-3-11-20-13;/h1-2,5-7,9,13,20H,3-4,8,10-12H2,(H,21,22);1H. The normalized spacial score (nSPS) is 16.6. The van der Waals surface area contributed by atoms with Gasteiger partial charge in [0.05, 0.1) is 5.56 Å². The second-order valence-corrected chi connectivity index (χ2v) is 5.84. The van der Waals surface area contributed by atoms with Crippen LogP contribution >= 0.6 is 12.4 Å². The van der Waals surface area contributed by atoms with Gasteiger partial charge in [0.25, 0.3) is 0 Å². The summed E-state index contributed by atoms with van der Waals surface area (Å²) < 4.78 is 19.4. The quantitative estimate of drug-likeness (QED) is 0.838. The average molecular weight is 353 g/mol. The van der Waals surface area contributed by atoms with Gasteiger partial charge in [0, 0.05) is 25.4 Å². The smallest absolute Gasteiger partial charge is 0.220 e. The minimum Gasteiger partial charge on any atom is -0.461 e. The fourth-order valence-electron chi connectivity index (χ4n) is 2.81. The summed E-state index contributed by atoms with van der Waals surface area (Å²) in [4.78, 5) is 11.9. The van der Waals surface area contributed by atoms with Crippen LogP contribution in [0.15, 0.2) is 40.8 Å². The molecule has 2 heterocycles. The van der Waals surface area contributed by atoms with Gasteiger partial charge in [-0.05, 0) is 43.7 Å². The molecule has 1 aliphatic heterocycles. The van der Waals surface area contributed by atoms with E-state index >= 15 is 0 Å². The summed E-state index contributed by atoms with van der Waals surface area (Å²) in [6, 6.07) is 10.4. The summed E-state index contributed by atoms with van der Waals surface area (Å²) in [5, 5.41) is 6.28. The van der Waals surface area contributed by atoms with E-state index in [1.54, 1.807) is 30.3 Å². The molecule has 1 atom stereocenters. The number of aryl methyl sites for hydroxylation is 1. The average Bonchev–Trinajstić information content (AvgIpc) is 3.23. The lowest BCUT2D eigenvalue weighted by Gasteiger charge is -2.11. The number of halogens is 2. The highest BCUT2D eigenvalue weighted by Gasteiger charge is 2.15. The van der Waals surface area contributed by atoms with Crippen molar-refractivity contribution in [1.82, 2.24) is 10.6 Å². The molecule has 2 aromatic rings. The van der Waals surface area contributed by atoms with Crippen molar-refractivity contribution in [1.29, 1.82) is 0 Å². The van der Waals surface area contributed by atoms with Crippen molar-refractivity contribution in [3.05, 3.63) is 48.0 Å². The van der Waals surface area contributed by atoms with Crippen LogP contribution in [0.1, 0.15) is 25.0 Å². The van der Waals surface area contributed by atoms with Crippen LogP contribution < -0.4 is 10.6 Å². The predicted octanol–water partition coefficient (Wildman–Crippen LogP) is 3.31. The molecule has 2 N–H and O–H groups in total. The SMILES string of the molecule is Cl.O=C(CCc1ccc(-c2ccccc2F)o1)NCC1CCCN1. The fourth-order valence-corrected chi connectivity index (χ4v) is 2.81. The minimum absolute atomic E-state index is 0. The van der Waals surface area contributed by atoms with Gasteiger partial charge in [-0.1, -0.05) is 12.1 Å². The third-order valence-electron chi connectivity index (χ3n) is 4.11. The molecular formula is C18H22ClFN2O2. The van der Waals surface area contributed by atoms with Gasteiger partial charge >= 0.3 is 0 Å². The Morgan fingerprint density at radius 3 is 2.88 bits per heavy atom. The molecule has 1 saturated heterocycles. The molecule has 130 valence electrons. The van der Waals surface area contributed by atoms with Gasteiger partial charge in [0.1, 0.15) is 17.3 Å². The van der Waals surface area contributed by atoms with Gasteiger partial charge in [-0.2, -0.15) is 0 Å². The van der Waals surface area contributed by atoms with Crippen LogP contribution in [-0.2, 0) is 11.2 Å². The maximum Gasteiger partial charge on any atom is 0.220 e. The molecule has 3 rings (SSSR count). The van der Waals surface area contributed by atoms with Crippen LogP contribution in [0.4, 0.5) is 4.39 Å². The summed E-state index contributed by atoms with van der Waals surface area (Å²) in [6.45, 7) is 1.71. The second-order valence-electron chi connectivity index (χ2n) is 5.84.